The van der Waals surface area contributed by atoms with Crippen LogP contribution < -0.4 is 5.32 Å². The summed E-state index contributed by atoms with van der Waals surface area (Å²) in [6.45, 7) is 4.26. The summed E-state index contributed by atoms with van der Waals surface area (Å²) in [4.78, 5) is 26.0. The van der Waals surface area contributed by atoms with Gasteiger partial charge in [-0.2, -0.15) is 0 Å². The molecule has 2 fully saturated rings. The maximum atomic E-state index is 12.9. The number of carbonyl (C=O) groups excluding carboxylic acids is 1. The Balaban J connectivity index is 1.42. The first kappa shape index (κ1) is 18.3. The van der Waals surface area contributed by atoms with Gasteiger partial charge in [-0.1, -0.05) is 6.07 Å². The van der Waals surface area contributed by atoms with Crippen LogP contribution in [0.3, 0.4) is 0 Å². The van der Waals surface area contributed by atoms with E-state index in [1.165, 1.54) is 0 Å². The first-order chi connectivity index (χ1) is 13.3. The van der Waals surface area contributed by atoms with E-state index in [2.05, 4.69) is 20.2 Å². The van der Waals surface area contributed by atoms with E-state index < -0.39 is 0 Å². The van der Waals surface area contributed by atoms with Crippen LogP contribution in [-0.4, -0.2) is 64.7 Å². The lowest BCUT2D eigenvalue weighted by Crippen LogP contribution is -2.47. The second-order valence-electron chi connectivity index (χ2n) is 6.89. The van der Waals surface area contributed by atoms with Crippen molar-refractivity contribution >= 4 is 17.4 Å². The number of amides is 2. The predicted octanol–water partition coefficient (Wildman–Crippen LogP) is 2.29. The molecule has 1 atom stereocenters. The molecule has 1 N–H and O–H groups in total. The molecule has 144 valence electrons. The molecule has 0 bridgehead atoms. The summed E-state index contributed by atoms with van der Waals surface area (Å²) in [6.07, 6.45) is 5.75. The molecule has 1 saturated carbocycles. The van der Waals surface area contributed by atoms with E-state index in [-0.39, 0.29) is 12.1 Å². The van der Waals surface area contributed by atoms with Crippen molar-refractivity contribution in [1.82, 2.24) is 25.1 Å². The molecule has 1 saturated heterocycles. The molecular formula is C19H25N5O2S. The number of pyridine rings is 1. The zero-order valence-corrected chi connectivity index (χ0v) is 16.1. The molecule has 3 heterocycles. The zero-order chi connectivity index (χ0) is 18.5. The van der Waals surface area contributed by atoms with Gasteiger partial charge in [0.2, 0.25) is 0 Å². The van der Waals surface area contributed by atoms with Crippen LogP contribution in [0, 0.1) is 0 Å². The Hall–Kier alpha value is -2.03. The first-order valence-corrected chi connectivity index (χ1v) is 10.3. The highest BCUT2D eigenvalue weighted by Crippen LogP contribution is 2.29. The van der Waals surface area contributed by atoms with Crippen LogP contribution in [0.25, 0.3) is 0 Å². The fourth-order valence-electron chi connectivity index (χ4n) is 3.40. The van der Waals surface area contributed by atoms with E-state index in [1.54, 1.807) is 17.5 Å². The molecule has 4 rings (SSSR count). The van der Waals surface area contributed by atoms with E-state index in [1.807, 2.05) is 34.7 Å². The minimum Gasteiger partial charge on any atom is -0.379 e. The molecular weight excluding hydrogens is 362 g/mol. The Kier molecular flexibility index (Phi) is 5.96. The average Bonchev–Trinajstić information content (AvgIpc) is 3.43. The molecule has 27 heavy (non-hydrogen) atoms. The number of hydrogen-bond donors (Lipinski definition) is 1. The van der Waals surface area contributed by atoms with Gasteiger partial charge in [-0.15, -0.1) is 11.3 Å². The number of hydrogen-bond acceptors (Lipinski definition) is 6. The van der Waals surface area contributed by atoms with E-state index in [4.69, 9.17) is 4.74 Å². The minimum absolute atomic E-state index is 0.0121. The van der Waals surface area contributed by atoms with Gasteiger partial charge in [0.1, 0.15) is 5.01 Å². The van der Waals surface area contributed by atoms with E-state index in [0.29, 0.717) is 19.1 Å². The van der Waals surface area contributed by atoms with Crippen LogP contribution in [-0.2, 0) is 11.3 Å². The van der Waals surface area contributed by atoms with Gasteiger partial charge in [0.05, 0.1) is 31.5 Å². The molecule has 7 nitrogen and oxygen atoms in total. The minimum atomic E-state index is -0.0121. The lowest BCUT2D eigenvalue weighted by Gasteiger charge is -2.34. The summed E-state index contributed by atoms with van der Waals surface area (Å²) < 4.78 is 5.48. The van der Waals surface area contributed by atoms with Gasteiger partial charge in [-0.3, -0.25) is 9.88 Å². The van der Waals surface area contributed by atoms with Crippen molar-refractivity contribution < 1.29 is 9.53 Å². The molecule has 8 heteroatoms. The van der Waals surface area contributed by atoms with Gasteiger partial charge in [0.15, 0.2) is 0 Å². The molecule has 2 amide bonds. The zero-order valence-electron chi connectivity index (χ0n) is 15.3. The van der Waals surface area contributed by atoms with Crippen LogP contribution in [0.4, 0.5) is 4.79 Å². The van der Waals surface area contributed by atoms with Crippen molar-refractivity contribution in [2.24, 2.45) is 0 Å². The van der Waals surface area contributed by atoms with Gasteiger partial charge < -0.3 is 15.0 Å². The molecule has 2 aromatic rings. The Morgan fingerprint density at radius 3 is 2.81 bits per heavy atom. The summed E-state index contributed by atoms with van der Waals surface area (Å²) in [5, 5.41) is 6.08. The van der Waals surface area contributed by atoms with Crippen LogP contribution >= 0.6 is 11.3 Å². The van der Waals surface area contributed by atoms with Crippen molar-refractivity contribution in [3.8, 4) is 0 Å². The lowest BCUT2D eigenvalue weighted by molar-refractivity contribution is 0.0156. The maximum absolute atomic E-state index is 12.9. The van der Waals surface area contributed by atoms with Gasteiger partial charge in [0.25, 0.3) is 0 Å². The summed E-state index contributed by atoms with van der Waals surface area (Å²) in [5.41, 5.74) is 0.984. The van der Waals surface area contributed by atoms with Crippen molar-refractivity contribution in [1.29, 1.82) is 0 Å². The Morgan fingerprint density at radius 1 is 1.30 bits per heavy atom. The van der Waals surface area contributed by atoms with Crippen molar-refractivity contribution in [2.45, 2.75) is 31.5 Å². The third-order valence-electron chi connectivity index (χ3n) is 5.00. The Morgan fingerprint density at radius 2 is 2.15 bits per heavy atom. The Labute approximate surface area is 163 Å². The molecule has 1 aliphatic carbocycles. The molecule has 0 unspecified atom stereocenters. The van der Waals surface area contributed by atoms with Gasteiger partial charge >= 0.3 is 6.03 Å². The maximum Gasteiger partial charge on any atom is 0.318 e. The summed E-state index contributed by atoms with van der Waals surface area (Å²) in [6, 6.07) is 6.32. The topological polar surface area (TPSA) is 70.6 Å². The van der Waals surface area contributed by atoms with Gasteiger partial charge in [-0.05, 0) is 25.0 Å². The van der Waals surface area contributed by atoms with Crippen LogP contribution in [0.2, 0.25) is 0 Å². The van der Waals surface area contributed by atoms with Gasteiger partial charge in [0, 0.05) is 43.4 Å². The van der Waals surface area contributed by atoms with Gasteiger partial charge in [-0.25, -0.2) is 9.78 Å². The van der Waals surface area contributed by atoms with Crippen LogP contribution in [0.5, 0.6) is 0 Å². The van der Waals surface area contributed by atoms with Crippen LogP contribution in [0.1, 0.15) is 29.6 Å². The number of urea groups is 1. The summed E-state index contributed by atoms with van der Waals surface area (Å²) >= 11 is 1.59. The molecule has 2 aromatic heterocycles. The van der Waals surface area contributed by atoms with Crippen LogP contribution in [0.15, 0.2) is 36.0 Å². The van der Waals surface area contributed by atoms with Crippen molar-refractivity contribution in [2.75, 3.05) is 32.8 Å². The number of nitrogens with one attached hydrogen (secondary N) is 1. The van der Waals surface area contributed by atoms with E-state index >= 15 is 0 Å². The Bertz CT molecular complexity index is 717. The summed E-state index contributed by atoms with van der Waals surface area (Å²) in [7, 11) is 0. The molecule has 2 aliphatic rings. The molecule has 0 aromatic carbocycles. The average molecular weight is 388 g/mol. The van der Waals surface area contributed by atoms with Crippen molar-refractivity contribution in [3.63, 3.8) is 0 Å². The second-order valence-corrected chi connectivity index (χ2v) is 7.87. The highest BCUT2D eigenvalue weighted by Gasteiger charge is 2.34. The normalized spacial score (nSPS) is 18.8. The SMILES string of the molecule is O=C(NC[C@H](c1ccccn1)N1CCOCC1)N(Cc1nccs1)C1CC1. The largest absolute Gasteiger partial charge is 0.379 e. The number of aromatic nitrogens is 2. The standard InChI is InChI=1S/C19H25N5O2S/c25-19(24(15-4-5-15)14-18-21-7-12-27-18)22-13-17(16-3-1-2-6-20-16)23-8-10-26-11-9-23/h1-3,6-7,12,15,17H,4-5,8-11,13-14H2,(H,22,25)/t17-/m1/s1. The third kappa shape index (κ3) is 4.82. The predicted molar refractivity (Wildman–Crippen MR) is 103 cm³/mol. The number of thiazole rings is 1. The second kappa shape index (κ2) is 8.77. The molecule has 0 radical (unpaired) electrons. The smallest absolute Gasteiger partial charge is 0.318 e. The fourth-order valence-corrected chi connectivity index (χ4v) is 4.01. The number of ether oxygens (including phenoxy) is 1. The van der Waals surface area contributed by atoms with E-state index in [9.17, 15) is 4.79 Å². The molecule has 1 aliphatic heterocycles. The first-order valence-electron chi connectivity index (χ1n) is 9.47. The van der Waals surface area contributed by atoms with E-state index in [0.717, 1.165) is 49.8 Å². The third-order valence-corrected chi connectivity index (χ3v) is 5.76. The quantitative estimate of drug-likeness (QED) is 0.789. The van der Waals surface area contributed by atoms with Crippen molar-refractivity contribution in [3.05, 3.63) is 46.7 Å². The monoisotopic (exact) mass is 387 g/mol. The number of carbonyl (C=O) groups is 1. The number of rotatable bonds is 7. The lowest BCUT2D eigenvalue weighted by atomic mass is 10.1. The summed E-state index contributed by atoms with van der Waals surface area (Å²) in [5.74, 6) is 0. The number of nitrogens with zero attached hydrogens (tertiary/aromatic N) is 4. The highest BCUT2D eigenvalue weighted by atomic mass is 32.1. The fraction of sp³-hybridized carbons (Fsp3) is 0.526. The number of morpholine rings is 1. The highest BCUT2D eigenvalue weighted by molar-refractivity contribution is 7.09. The molecule has 0 spiro atoms.